The van der Waals surface area contributed by atoms with E-state index in [1.807, 2.05) is 37.3 Å². The zero-order valence-electron chi connectivity index (χ0n) is 12.4. The number of nitrogens with zero attached hydrogens (tertiary/aromatic N) is 1. The predicted molar refractivity (Wildman–Crippen MR) is 83.4 cm³/mol. The average molecular weight is 292 g/mol. The van der Waals surface area contributed by atoms with Crippen LogP contribution in [0.5, 0.6) is 0 Å². The van der Waals surface area contributed by atoms with Crippen molar-refractivity contribution in [3.05, 3.63) is 35.9 Å². The highest BCUT2D eigenvalue weighted by molar-refractivity contribution is 5.87. The van der Waals surface area contributed by atoms with Crippen molar-refractivity contribution in [1.29, 1.82) is 0 Å². The van der Waals surface area contributed by atoms with Gasteiger partial charge in [0.25, 0.3) is 0 Å². The number of carbonyl (C=O) groups is 1. The van der Waals surface area contributed by atoms with E-state index >= 15 is 0 Å². The fourth-order valence-corrected chi connectivity index (χ4v) is 1.95. The van der Waals surface area contributed by atoms with Gasteiger partial charge in [-0.1, -0.05) is 42.4 Å². The van der Waals surface area contributed by atoms with Crippen LogP contribution in [-0.4, -0.2) is 36.6 Å². The molecule has 1 rings (SSSR count). The average Bonchev–Trinajstić information content (AvgIpc) is 2.53. The SMILES string of the molecule is CCCNC(=O)CCNCC(C(N)=NO)c1ccccc1. The summed E-state index contributed by atoms with van der Waals surface area (Å²) in [4.78, 5) is 11.5. The number of rotatable bonds is 9. The third kappa shape index (κ3) is 6.27. The van der Waals surface area contributed by atoms with Crippen molar-refractivity contribution in [2.45, 2.75) is 25.7 Å². The van der Waals surface area contributed by atoms with Crippen molar-refractivity contribution < 1.29 is 10.0 Å². The largest absolute Gasteiger partial charge is 0.409 e. The van der Waals surface area contributed by atoms with Crippen LogP contribution >= 0.6 is 0 Å². The molecule has 0 saturated heterocycles. The van der Waals surface area contributed by atoms with Gasteiger partial charge >= 0.3 is 0 Å². The Morgan fingerprint density at radius 1 is 1.33 bits per heavy atom. The first-order valence-electron chi connectivity index (χ1n) is 7.18. The predicted octanol–water partition coefficient (Wildman–Crippen LogP) is 1.02. The molecule has 0 aliphatic rings. The molecule has 1 atom stereocenters. The van der Waals surface area contributed by atoms with Gasteiger partial charge in [0, 0.05) is 26.1 Å². The summed E-state index contributed by atoms with van der Waals surface area (Å²) < 4.78 is 0. The number of hydrogen-bond donors (Lipinski definition) is 4. The lowest BCUT2D eigenvalue weighted by Crippen LogP contribution is -2.34. The molecule has 116 valence electrons. The van der Waals surface area contributed by atoms with E-state index in [9.17, 15) is 4.79 Å². The van der Waals surface area contributed by atoms with Crippen LogP contribution in [0.2, 0.25) is 0 Å². The van der Waals surface area contributed by atoms with Crippen molar-refractivity contribution in [3.8, 4) is 0 Å². The summed E-state index contributed by atoms with van der Waals surface area (Å²) in [6, 6.07) is 9.59. The van der Waals surface area contributed by atoms with E-state index < -0.39 is 0 Å². The first-order valence-corrected chi connectivity index (χ1v) is 7.18. The van der Waals surface area contributed by atoms with Crippen molar-refractivity contribution in [3.63, 3.8) is 0 Å². The summed E-state index contributed by atoms with van der Waals surface area (Å²) in [7, 11) is 0. The lowest BCUT2D eigenvalue weighted by atomic mass is 9.98. The van der Waals surface area contributed by atoms with Gasteiger partial charge in [0.15, 0.2) is 0 Å². The van der Waals surface area contributed by atoms with Gasteiger partial charge in [-0.2, -0.15) is 0 Å². The number of amides is 1. The second kappa shape index (κ2) is 9.77. The van der Waals surface area contributed by atoms with Gasteiger partial charge in [-0.25, -0.2) is 0 Å². The molecule has 0 saturated carbocycles. The zero-order valence-corrected chi connectivity index (χ0v) is 12.4. The minimum Gasteiger partial charge on any atom is -0.409 e. The molecule has 0 aromatic heterocycles. The second-order valence-electron chi connectivity index (χ2n) is 4.79. The highest BCUT2D eigenvalue weighted by Crippen LogP contribution is 2.14. The summed E-state index contributed by atoms with van der Waals surface area (Å²) in [6.45, 7) is 3.79. The van der Waals surface area contributed by atoms with Crippen LogP contribution in [0.15, 0.2) is 35.5 Å². The first-order chi connectivity index (χ1) is 10.2. The Hall–Kier alpha value is -2.08. The molecule has 0 bridgehead atoms. The molecule has 0 radical (unpaired) electrons. The minimum atomic E-state index is -0.213. The summed E-state index contributed by atoms with van der Waals surface area (Å²) in [5, 5.41) is 18.0. The Balaban J connectivity index is 2.43. The van der Waals surface area contributed by atoms with E-state index in [1.54, 1.807) is 0 Å². The van der Waals surface area contributed by atoms with E-state index in [0.717, 1.165) is 12.0 Å². The summed E-state index contributed by atoms with van der Waals surface area (Å²) in [6.07, 6.45) is 1.34. The monoisotopic (exact) mass is 292 g/mol. The molecule has 5 N–H and O–H groups in total. The van der Waals surface area contributed by atoms with Crippen molar-refractivity contribution in [2.24, 2.45) is 10.9 Å². The number of nitrogens with one attached hydrogen (secondary N) is 2. The molecule has 0 spiro atoms. The van der Waals surface area contributed by atoms with Crippen molar-refractivity contribution >= 4 is 11.7 Å². The zero-order chi connectivity index (χ0) is 15.5. The minimum absolute atomic E-state index is 0.0319. The van der Waals surface area contributed by atoms with Crippen LogP contribution in [0.4, 0.5) is 0 Å². The summed E-state index contributed by atoms with van der Waals surface area (Å²) in [5.74, 6) is -0.0246. The van der Waals surface area contributed by atoms with Crippen molar-refractivity contribution in [1.82, 2.24) is 10.6 Å². The second-order valence-corrected chi connectivity index (χ2v) is 4.79. The van der Waals surface area contributed by atoms with Crippen LogP contribution in [-0.2, 0) is 4.79 Å². The standard InChI is InChI=1S/C15H24N4O2/c1-2-9-18-14(20)8-10-17-11-13(15(16)19-21)12-6-4-3-5-7-12/h3-7,13,17,21H,2,8-11H2,1H3,(H2,16,19)(H,18,20). The maximum Gasteiger partial charge on any atom is 0.221 e. The fraction of sp³-hybridized carbons (Fsp3) is 0.467. The maximum absolute atomic E-state index is 11.5. The highest BCUT2D eigenvalue weighted by atomic mass is 16.4. The molecular weight excluding hydrogens is 268 g/mol. The third-order valence-electron chi connectivity index (χ3n) is 3.12. The summed E-state index contributed by atoms with van der Waals surface area (Å²) in [5.41, 5.74) is 6.71. The van der Waals surface area contributed by atoms with Gasteiger partial charge in [-0.05, 0) is 12.0 Å². The topological polar surface area (TPSA) is 99.7 Å². The Labute approximate surface area is 125 Å². The molecule has 6 nitrogen and oxygen atoms in total. The van der Waals surface area contributed by atoms with E-state index in [0.29, 0.717) is 26.1 Å². The van der Waals surface area contributed by atoms with Crippen LogP contribution in [0.3, 0.4) is 0 Å². The Bertz CT molecular complexity index is 448. The quantitative estimate of drug-likeness (QED) is 0.179. The van der Waals surface area contributed by atoms with Gasteiger partial charge in [0.1, 0.15) is 5.84 Å². The number of benzene rings is 1. The van der Waals surface area contributed by atoms with Crippen LogP contribution < -0.4 is 16.4 Å². The molecule has 0 aliphatic heterocycles. The molecule has 1 amide bonds. The van der Waals surface area contributed by atoms with E-state index in [-0.39, 0.29) is 17.7 Å². The van der Waals surface area contributed by atoms with Gasteiger partial charge in [0.05, 0.1) is 5.92 Å². The van der Waals surface area contributed by atoms with Gasteiger partial charge in [0.2, 0.25) is 5.91 Å². The number of oxime groups is 1. The Morgan fingerprint density at radius 2 is 2.05 bits per heavy atom. The Kier molecular flexibility index (Phi) is 7.89. The number of carbonyl (C=O) groups excluding carboxylic acids is 1. The van der Waals surface area contributed by atoms with E-state index in [2.05, 4.69) is 15.8 Å². The van der Waals surface area contributed by atoms with Gasteiger partial charge in [-0.3, -0.25) is 4.79 Å². The molecule has 1 aromatic rings. The van der Waals surface area contributed by atoms with E-state index in [1.165, 1.54) is 0 Å². The molecule has 0 aliphatic carbocycles. The highest BCUT2D eigenvalue weighted by Gasteiger charge is 2.16. The third-order valence-corrected chi connectivity index (χ3v) is 3.12. The maximum atomic E-state index is 11.5. The molecule has 21 heavy (non-hydrogen) atoms. The number of nitrogens with two attached hydrogens (primary N) is 1. The number of amidine groups is 1. The molecule has 1 unspecified atom stereocenters. The van der Waals surface area contributed by atoms with Gasteiger partial charge < -0.3 is 21.6 Å². The molecule has 0 heterocycles. The normalized spacial score (nSPS) is 12.9. The molecule has 0 fully saturated rings. The van der Waals surface area contributed by atoms with Crippen LogP contribution in [0, 0.1) is 0 Å². The van der Waals surface area contributed by atoms with Gasteiger partial charge in [-0.15, -0.1) is 0 Å². The molecule has 1 aromatic carbocycles. The molecule has 6 heteroatoms. The fourth-order valence-electron chi connectivity index (χ4n) is 1.95. The first kappa shape index (κ1) is 17.0. The van der Waals surface area contributed by atoms with Crippen molar-refractivity contribution in [2.75, 3.05) is 19.6 Å². The Morgan fingerprint density at radius 3 is 2.67 bits per heavy atom. The van der Waals surface area contributed by atoms with E-state index in [4.69, 9.17) is 10.9 Å². The molecular formula is C15H24N4O2. The summed E-state index contributed by atoms with van der Waals surface area (Å²) >= 11 is 0. The van der Waals surface area contributed by atoms with Crippen LogP contribution in [0.1, 0.15) is 31.2 Å². The number of hydrogen-bond acceptors (Lipinski definition) is 4. The lowest BCUT2D eigenvalue weighted by Gasteiger charge is -2.16. The lowest BCUT2D eigenvalue weighted by molar-refractivity contribution is -0.120. The van der Waals surface area contributed by atoms with Crippen LogP contribution in [0.25, 0.3) is 0 Å². The smallest absolute Gasteiger partial charge is 0.221 e.